The fraction of sp³-hybridized carbons (Fsp3) is 0.438. The average Bonchev–Trinajstić information content (AvgIpc) is 2.47. The molecule has 116 valence electrons. The number of nitrogens with zero attached hydrogens (tertiary/aromatic N) is 1. The smallest absolute Gasteiger partial charge is 0.417 e. The van der Waals surface area contributed by atoms with Crippen molar-refractivity contribution in [1.82, 2.24) is 0 Å². The molecule has 0 spiro atoms. The Bertz CT molecular complexity index is 823. The van der Waals surface area contributed by atoms with Gasteiger partial charge in [0.1, 0.15) is 5.58 Å². The summed E-state index contributed by atoms with van der Waals surface area (Å²) >= 11 is 4.93. The van der Waals surface area contributed by atoms with Crippen molar-refractivity contribution in [2.75, 3.05) is 18.0 Å². The monoisotopic (exact) mass is 325 g/mol. The number of hydrogen-bond donors (Lipinski definition) is 0. The van der Waals surface area contributed by atoms with Gasteiger partial charge in [0.25, 0.3) is 0 Å². The molecular weight excluding hydrogens is 311 g/mol. The van der Waals surface area contributed by atoms with E-state index >= 15 is 0 Å². The molecule has 2 aliphatic rings. The molecule has 0 radical (unpaired) electrons. The quantitative estimate of drug-likeness (QED) is 0.642. The first-order valence-corrected chi connectivity index (χ1v) is 7.81. The van der Waals surface area contributed by atoms with Crippen LogP contribution in [0.1, 0.15) is 29.5 Å². The fourth-order valence-corrected chi connectivity index (χ4v) is 3.91. The minimum absolute atomic E-state index is 0.107. The second-order valence-electron chi connectivity index (χ2n) is 5.91. The molecule has 0 atom stereocenters. The minimum Gasteiger partial charge on any atom is -0.445 e. The summed E-state index contributed by atoms with van der Waals surface area (Å²) in [5, 5.41) is 0.151. The average molecular weight is 325 g/mol. The Labute approximate surface area is 130 Å². The van der Waals surface area contributed by atoms with Gasteiger partial charge in [0, 0.05) is 35.8 Å². The van der Waals surface area contributed by atoms with Gasteiger partial charge in [0.05, 0.1) is 5.56 Å². The van der Waals surface area contributed by atoms with E-state index in [1.807, 2.05) is 0 Å². The van der Waals surface area contributed by atoms with E-state index < -0.39 is 11.7 Å². The van der Waals surface area contributed by atoms with E-state index in [1.165, 1.54) is 0 Å². The summed E-state index contributed by atoms with van der Waals surface area (Å²) in [4.78, 5) is 2.27. The van der Waals surface area contributed by atoms with Gasteiger partial charge in [0.2, 0.25) is 0 Å². The first kappa shape index (κ1) is 14.1. The van der Waals surface area contributed by atoms with E-state index in [4.69, 9.17) is 16.6 Å². The van der Waals surface area contributed by atoms with Crippen LogP contribution in [-0.2, 0) is 19.0 Å². The largest absolute Gasteiger partial charge is 0.445 e. The SMILES string of the molecule is FC(F)(F)c1cc(=S)oc2c3c4c(cc12)CCCN4CCC3. The molecule has 1 aromatic carbocycles. The third kappa shape index (κ3) is 2.04. The number of anilines is 1. The molecule has 0 amide bonds. The number of benzene rings is 1. The van der Waals surface area contributed by atoms with Gasteiger partial charge in [-0.3, -0.25) is 0 Å². The fourth-order valence-electron chi connectivity index (χ4n) is 3.71. The Morgan fingerprint density at radius 1 is 1.09 bits per heavy atom. The molecule has 0 N–H and O–H groups in total. The standard InChI is InChI=1S/C16H14F3NOS/c17-16(18,19)12-8-13(22)21-15-10-4-2-6-20-5-1-3-9(14(10)20)7-11(12)15/h7-8H,1-6H2. The third-order valence-electron chi connectivity index (χ3n) is 4.53. The Balaban J connectivity index is 2.13. The van der Waals surface area contributed by atoms with Crippen LogP contribution in [0.4, 0.5) is 18.9 Å². The highest BCUT2D eigenvalue weighted by molar-refractivity contribution is 7.71. The maximum atomic E-state index is 13.4. The molecule has 4 rings (SSSR count). The highest BCUT2D eigenvalue weighted by Crippen LogP contribution is 2.43. The number of halogens is 3. The van der Waals surface area contributed by atoms with E-state index in [2.05, 4.69) is 4.90 Å². The van der Waals surface area contributed by atoms with Crippen molar-refractivity contribution in [2.24, 2.45) is 0 Å². The number of aryl methyl sites for hydroxylation is 2. The first-order valence-electron chi connectivity index (χ1n) is 7.40. The zero-order valence-electron chi connectivity index (χ0n) is 11.8. The summed E-state index contributed by atoms with van der Waals surface area (Å²) in [6, 6.07) is 2.59. The zero-order valence-corrected chi connectivity index (χ0v) is 12.6. The summed E-state index contributed by atoms with van der Waals surface area (Å²) in [7, 11) is 0. The van der Waals surface area contributed by atoms with Crippen LogP contribution in [0.5, 0.6) is 0 Å². The summed E-state index contributed by atoms with van der Waals surface area (Å²) in [5.74, 6) is 0. The lowest BCUT2D eigenvalue weighted by Crippen LogP contribution is -2.34. The van der Waals surface area contributed by atoms with E-state index in [0.29, 0.717) is 5.58 Å². The summed E-state index contributed by atoms with van der Waals surface area (Å²) in [6.07, 6.45) is -0.941. The number of alkyl halides is 3. The van der Waals surface area contributed by atoms with Crippen LogP contribution < -0.4 is 4.90 Å². The molecule has 0 saturated heterocycles. The molecule has 0 unspecified atom stereocenters. The van der Waals surface area contributed by atoms with Crippen molar-refractivity contribution in [3.63, 3.8) is 0 Å². The van der Waals surface area contributed by atoms with Crippen LogP contribution in [0.3, 0.4) is 0 Å². The molecule has 2 nitrogen and oxygen atoms in total. The lowest BCUT2D eigenvalue weighted by Gasteiger charge is -2.37. The molecule has 0 fully saturated rings. The van der Waals surface area contributed by atoms with Crippen LogP contribution in [-0.4, -0.2) is 13.1 Å². The van der Waals surface area contributed by atoms with Gasteiger partial charge in [-0.2, -0.15) is 13.2 Å². The maximum absolute atomic E-state index is 13.4. The Morgan fingerprint density at radius 3 is 2.55 bits per heavy atom. The van der Waals surface area contributed by atoms with Crippen molar-refractivity contribution in [1.29, 1.82) is 0 Å². The first-order chi connectivity index (χ1) is 10.4. The summed E-state index contributed by atoms with van der Waals surface area (Å²) in [6.45, 7) is 1.93. The van der Waals surface area contributed by atoms with Gasteiger partial charge in [-0.1, -0.05) is 0 Å². The molecule has 2 aromatic rings. The molecule has 1 aromatic heterocycles. The number of rotatable bonds is 0. The zero-order chi connectivity index (χ0) is 15.5. The van der Waals surface area contributed by atoms with Crippen molar-refractivity contribution >= 4 is 28.9 Å². The lowest BCUT2D eigenvalue weighted by molar-refractivity contribution is -0.136. The van der Waals surface area contributed by atoms with E-state index in [0.717, 1.165) is 61.7 Å². The predicted octanol–water partition coefficient (Wildman–Crippen LogP) is 4.88. The van der Waals surface area contributed by atoms with E-state index in [1.54, 1.807) is 6.07 Å². The maximum Gasteiger partial charge on any atom is 0.417 e. The molecule has 6 heteroatoms. The van der Waals surface area contributed by atoms with Gasteiger partial charge in [-0.15, -0.1) is 0 Å². The van der Waals surface area contributed by atoms with Crippen LogP contribution in [0.25, 0.3) is 11.0 Å². The molecular formula is C16H14F3NOS. The van der Waals surface area contributed by atoms with Gasteiger partial charge in [-0.25, -0.2) is 0 Å². The lowest BCUT2D eigenvalue weighted by atomic mass is 9.89. The minimum atomic E-state index is -4.42. The van der Waals surface area contributed by atoms with E-state index in [9.17, 15) is 13.2 Å². The molecule has 3 heterocycles. The van der Waals surface area contributed by atoms with Crippen LogP contribution in [0.2, 0.25) is 0 Å². The predicted molar refractivity (Wildman–Crippen MR) is 80.9 cm³/mol. The van der Waals surface area contributed by atoms with Crippen molar-refractivity contribution in [3.05, 3.63) is 33.5 Å². The third-order valence-corrected chi connectivity index (χ3v) is 4.73. The highest BCUT2D eigenvalue weighted by atomic mass is 32.1. The normalized spacial score (nSPS) is 17.7. The van der Waals surface area contributed by atoms with Gasteiger partial charge in [-0.05, 0) is 49.5 Å². The Morgan fingerprint density at radius 2 is 1.82 bits per heavy atom. The Kier molecular flexibility index (Phi) is 3.01. The molecule has 0 aliphatic carbocycles. The van der Waals surface area contributed by atoms with E-state index in [-0.39, 0.29) is 10.1 Å². The van der Waals surface area contributed by atoms with Gasteiger partial charge in [0.15, 0.2) is 4.71 Å². The molecule has 0 bridgehead atoms. The number of fused-ring (bicyclic) bond motifs is 2. The summed E-state index contributed by atoms with van der Waals surface area (Å²) < 4.78 is 45.5. The molecule has 0 saturated carbocycles. The van der Waals surface area contributed by atoms with Gasteiger partial charge >= 0.3 is 6.18 Å². The van der Waals surface area contributed by atoms with Crippen molar-refractivity contribution < 1.29 is 17.6 Å². The van der Waals surface area contributed by atoms with Crippen molar-refractivity contribution in [2.45, 2.75) is 31.9 Å². The molecule has 22 heavy (non-hydrogen) atoms. The van der Waals surface area contributed by atoms with Crippen molar-refractivity contribution in [3.8, 4) is 0 Å². The summed E-state index contributed by atoms with van der Waals surface area (Å²) in [5.41, 5.74) is 2.63. The number of hydrogen-bond acceptors (Lipinski definition) is 3. The topological polar surface area (TPSA) is 16.4 Å². The highest BCUT2D eigenvalue weighted by Gasteiger charge is 2.35. The molecule has 2 aliphatic heterocycles. The Hall–Kier alpha value is -1.56. The second-order valence-corrected chi connectivity index (χ2v) is 6.31. The van der Waals surface area contributed by atoms with Crippen LogP contribution >= 0.6 is 12.2 Å². The van der Waals surface area contributed by atoms with Crippen LogP contribution in [0.15, 0.2) is 16.5 Å². The van der Waals surface area contributed by atoms with Gasteiger partial charge < -0.3 is 9.32 Å². The second kappa shape index (κ2) is 4.72. The van der Waals surface area contributed by atoms with Crippen LogP contribution in [0, 0.1) is 4.71 Å².